The van der Waals surface area contributed by atoms with Gasteiger partial charge < -0.3 is 4.74 Å². The zero-order valence-corrected chi connectivity index (χ0v) is 8.55. The minimum atomic E-state index is -0.391. The van der Waals surface area contributed by atoms with Crippen LogP contribution in [0.3, 0.4) is 0 Å². The Labute approximate surface area is 87.0 Å². The van der Waals surface area contributed by atoms with E-state index in [0.29, 0.717) is 18.9 Å². The Morgan fingerprint density at radius 3 is 2.80 bits per heavy atom. The number of aryl methyl sites for hydroxylation is 1. The van der Waals surface area contributed by atoms with Gasteiger partial charge in [0.25, 0.3) is 0 Å². The highest BCUT2D eigenvalue weighted by molar-refractivity contribution is 5.31. The maximum Gasteiger partial charge on any atom is 0.309 e. The summed E-state index contributed by atoms with van der Waals surface area (Å²) < 4.78 is 6.94. The van der Waals surface area contributed by atoms with E-state index in [1.165, 1.54) is 6.20 Å². The molecular formula is C9H13N3O3. The van der Waals surface area contributed by atoms with E-state index in [4.69, 9.17) is 4.74 Å². The van der Waals surface area contributed by atoms with Crippen molar-refractivity contribution in [3.63, 3.8) is 0 Å². The second kappa shape index (κ2) is 3.98. The molecule has 2 rings (SSSR count). The van der Waals surface area contributed by atoms with Crippen molar-refractivity contribution in [3.8, 4) is 0 Å². The van der Waals surface area contributed by atoms with Gasteiger partial charge in [0, 0.05) is 13.2 Å². The van der Waals surface area contributed by atoms with Crippen LogP contribution in [-0.2, 0) is 4.74 Å². The summed E-state index contributed by atoms with van der Waals surface area (Å²) in [6.45, 7) is 3.07. The van der Waals surface area contributed by atoms with Crippen molar-refractivity contribution in [3.05, 3.63) is 22.0 Å². The van der Waals surface area contributed by atoms with E-state index < -0.39 is 4.92 Å². The fourth-order valence-corrected chi connectivity index (χ4v) is 1.79. The molecule has 2 heterocycles. The highest BCUT2D eigenvalue weighted by Gasteiger charge is 2.21. The molecule has 0 spiro atoms. The summed E-state index contributed by atoms with van der Waals surface area (Å²) in [5.74, 6) is 0. The second-order valence-electron chi connectivity index (χ2n) is 3.68. The average Bonchev–Trinajstić information content (AvgIpc) is 2.62. The topological polar surface area (TPSA) is 70.2 Å². The van der Waals surface area contributed by atoms with Crippen LogP contribution in [0.15, 0.2) is 6.20 Å². The van der Waals surface area contributed by atoms with Gasteiger partial charge in [0.05, 0.1) is 11.0 Å². The Balaban J connectivity index is 2.21. The standard InChI is InChI=1S/C9H13N3O3/c1-7-9(12(13)14)6-11(10-7)8-2-4-15-5-3-8/h6,8H,2-5H2,1H3. The molecule has 0 saturated carbocycles. The lowest BCUT2D eigenvalue weighted by molar-refractivity contribution is -0.385. The van der Waals surface area contributed by atoms with Crippen LogP contribution in [0.1, 0.15) is 24.6 Å². The van der Waals surface area contributed by atoms with Gasteiger partial charge in [0.1, 0.15) is 11.9 Å². The van der Waals surface area contributed by atoms with Crippen LogP contribution >= 0.6 is 0 Å². The molecule has 0 atom stereocenters. The van der Waals surface area contributed by atoms with Gasteiger partial charge in [0.15, 0.2) is 0 Å². The largest absolute Gasteiger partial charge is 0.381 e. The van der Waals surface area contributed by atoms with Crippen LogP contribution in [0, 0.1) is 17.0 Å². The summed E-state index contributed by atoms with van der Waals surface area (Å²) in [6, 6.07) is 0.242. The van der Waals surface area contributed by atoms with Crippen molar-refractivity contribution in [2.24, 2.45) is 0 Å². The molecule has 1 aliphatic rings. The number of hydrogen-bond donors (Lipinski definition) is 0. The fourth-order valence-electron chi connectivity index (χ4n) is 1.79. The lowest BCUT2D eigenvalue weighted by Crippen LogP contribution is -2.19. The lowest BCUT2D eigenvalue weighted by Gasteiger charge is -2.21. The van der Waals surface area contributed by atoms with Gasteiger partial charge in [-0.3, -0.25) is 14.8 Å². The van der Waals surface area contributed by atoms with Gasteiger partial charge in [-0.2, -0.15) is 5.10 Å². The smallest absolute Gasteiger partial charge is 0.309 e. The van der Waals surface area contributed by atoms with Crippen LogP contribution < -0.4 is 0 Å². The molecule has 0 amide bonds. The maximum absolute atomic E-state index is 10.6. The SMILES string of the molecule is Cc1nn(C2CCOCC2)cc1[N+](=O)[O-]. The summed E-state index contributed by atoms with van der Waals surface area (Å²) in [5.41, 5.74) is 0.577. The van der Waals surface area contributed by atoms with E-state index in [1.807, 2.05) is 0 Å². The zero-order valence-electron chi connectivity index (χ0n) is 8.55. The first-order chi connectivity index (χ1) is 7.18. The van der Waals surface area contributed by atoms with Crippen molar-refractivity contribution in [2.75, 3.05) is 13.2 Å². The minimum Gasteiger partial charge on any atom is -0.381 e. The highest BCUT2D eigenvalue weighted by atomic mass is 16.6. The maximum atomic E-state index is 10.6. The Kier molecular flexibility index (Phi) is 2.68. The Bertz CT molecular complexity index is 369. The Hall–Kier alpha value is -1.43. The number of aromatic nitrogens is 2. The molecule has 15 heavy (non-hydrogen) atoms. The van der Waals surface area contributed by atoms with E-state index in [2.05, 4.69) is 5.10 Å². The monoisotopic (exact) mass is 211 g/mol. The molecule has 6 heteroatoms. The third-order valence-corrected chi connectivity index (χ3v) is 2.65. The van der Waals surface area contributed by atoms with Gasteiger partial charge in [-0.25, -0.2) is 0 Å². The summed E-state index contributed by atoms with van der Waals surface area (Å²) in [6.07, 6.45) is 3.27. The molecule has 6 nitrogen and oxygen atoms in total. The van der Waals surface area contributed by atoms with Crippen molar-refractivity contribution >= 4 is 5.69 Å². The van der Waals surface area contributed by atoms with Crippen LogP contribution in [0.2, 0.25) is 0 Å². The molecule has 1 saturated heterocycles. The fraction of sp³-hybridized carbons (Fsp3) is 0.667. The molecule has 1 aromatic heterocycles. The number of hydrogen-bond acceptors (Lipinski definition) is 4. The van der Waals surface area contributed by atoms with E-state index in [-0.39, 0.29) is 11.7 Å². The molecule has 1 aromatic rings. The van der Waals surface area contributed by atoms with Crippen molar-refractivity contribution < 1.29 is 9.66 Å². The van der Waals surface area contributed by atoms with Gasteiger partial charge in [-0.05, 0) is 19.8 Å². The van der Waals surface area contributed by atoms with Crippen LogP contribution in [-0.4, -0.2) is 27.9 Å². The predicted octanol–water partition coefficient (Wildman–Crippen LogP) is 1.45. The molecule has 0 radical (unpaired) electrons. The number of rotatable bonds is 2. The summed E-state index contributed by atoms with van der Waals surface area (Å²) in [5, 5.41) is 14.8. The molecule has 0 unspecified atom stereocenters. The third kappa shape index (κ3) is 1.99. The number of ether oxygens (including phenoxy) is 1. The van der Waals surface area contributed by atoms with Crippen molar-refractivity contribution in [1.82, 2.24) is 9.78 Å². The van der Waals surface area contributed by atoms with Crippen molar-refractivity contribution in [2.45, 2.75) is 25.8 Å². The van der Waals surface area contributed by atoms with Crippen LogP contribution in [0.25, 0.3) is 0 Å². The van der Waals surface area contributed by atoms with E-state index in [0.717, 1.165) is 12.8 Å². The van der Waals surface area contributed by atoms with Gasteiger partial charge in [0.2, 0.25) is 0 Å². The van der Waals surface area contributed by atoms with Crippen LogP contribution in [0.5, 0.6) is 0 Å². The van der Waals surface area contributed by atoms with E-state index in [9.17, 15) is 10.1 Å². The highest BCUT2D eigenvalue weighted by Crippen LogP contribution is 2.24. The summed E-state index contributed by atoms with van der Waals surface area (Å²) in [7, 11) is 0. The first-order valence-corrected chi connectivity index (χ1v) is 4.96. The van der Waals surface area contributed by atoms with Gasteiger partial charge in [-0.15, -0.1) is 0 Å². The van der Waals surface area contributed by atoms with Crippen molar-refractivity contribution in [1.29, 1.82) is 0 Å². The number of nitrogens with zero attached hydrogens (tertiary/aromatic N) is 3. The summed E-state index contributed by atoms with van der Waals surface area (Å²) >= 11 is 0. The number of nitro groups is 1. The molecule has 0 bridgehead atoms. The van der Waals surface area contributed by atoms with E-state index in [1.54, 1.807) is 11.6 Å². The van der Waals surface area contributed by atoms with Gasteiger partial charge in [-0.1, -0.05) is 0 Å². The summed E-state index contributed by atoms with van der Waals surface area (Å²) in [4.78, 5) is 10.3. The lowest BCUT2D eigenvalue weighted by atomic mass is 10.1. The molecule has 0 N–H and O–H groups in total. The molecular weight excluding hydrogens is 198 g/mol. The molecule has 0 aliphatic carbocycles. The third-order valence-electron chi connectivity index (χ3n) is 2.65. The quantitative estimate of drug-likeness (QED) is 0.548. The first-order valence-electron chi connectivity index (χ1n) is 4.96. The van der Waals surface area contributed by atoms with Gasteiger partial charge >= 0.3 is 5.69 Å². The molecule has 0 aromatic carbocycles. The minimum absolute atomic E-state index is 0.0986. The molecule has 1 fully saturated rings. The zero-order chi connectivity index (χ0) is 10.8. The first kappa shape index (κ1) is 10.1. The Morgan fingerprint density at radius 1 is 1.60 bits per heavy atom. The predicted molar refractivity (Wildman–Crippen MR) is 52.7 cm³/mol. The average molecular weight is 211 g/mol. The molecule has 82 valence electrons. The van der Waals surface area contributed by atoms with E-state index >= 15 is 0 Å². The molecule has 1 aliphatic heterocycles. The second-order valence-corrected chi connectivity index (χ2v) is 3.68. The Morgan fingerprint density at radius 2 is 2.27 bits per heavy atom. The normalized spacial score (nSPS) is 17.9. The van der Waals surface area contributed by atoms with Crippen LogP contribution in [0.4, 0.5) is 5.69 Å².